The zero-order valence-electron chi connectivity index (χ0n) is 5.64. The SMILES string of the molecule is COc1ncc(Br)c(O)c1Br. The minimum atomic E-state index is 0.0943. The quantitative estimate of drug-likeness (QED) is 0.860. The van der Waals surface area contributed by atoms with Gasteiger partial charge in [0.2, 0.25) is 5.88 Å². The largest absolute Gasteiger partial charge is 0.505 e. The molecule has 60 valence electrons. The molecular formula is C6H5Br2NO2. The Morgan fingerprint density at radius 1 is 1.55 bits per heavy atom. The van der Waals surface area contributed by atoms with Crippen LogP contribution in [-0.2, 0) is 0 Å². The molecule has 1 N–H and O–H groups in total. The van der Waals surface area contributed by atoms with Gasteiger partial charge in [-0.1, -0.05) is 0 Å². The van der Waals surface area contributed by atoms with E-state index in [-0.39, 0.29) is 5.75 Å². The number of aromatic nitrogens is 1. The molecule has 5 heteroatoms. The van der Waals surface area contributed by atoms with Gasteiger partial charge in [0.25, 0.3) is 0 Å². The van der Waals surface area contributed by atoms with Gasteiger partial charge in [0.1, 0.15) is 4.47 Å². The highest BCUT2D eigenvalue weighted by molar-refractivity contribution is 9.11. The molecule has 0 aliphatic carbocycles. The maximum absolute atomic E-state index is 9.30. The van der Waals surface area contributed by atoms with Gasteiger partial charge in [-0.15, -0.1) is 0 Å². The summed E-state index contributed by atoms with van der Waals surface area (Å²) in [6, 6.07) is 0. The Labute approximate surface area is 80.7 Å². The first-order chi connectivity index (χ1) is 5.16. The smallest absolute Gasteiger partial charge is 0.231 e. The summed E-state index contributed by atoms with van der Waals surface area (Å²) in [4.78, 5) is 3.88. The molecule has 11 heavy (non-hydrogen) atoms. The van der Waals surface area contributed by atoms with Crippen molar-refractivity contribution in [3.63, 3.8) is 0 Å². The summed E-state index contributed by atoms with van der Waals surface area (Å²) < 4.78 is 5.83. The molecule has 1 heterocycles. The van der Waals surface area contributed by atoms with Gasteiger partial charge in [-0.05, 0) is 31.9 Å². The number of methoxy groups -OCH3 is 1. The average molecular weight is 283 g/mol. The Bertz CT molecular complexity index is 278. The Morgan fingerprint density at radius 3 is 2.73 bits per heavy atom. The van der Waals surface area contributed by atoms with E-state index in [4.69, 9.17) is 4.74 Å². The Hall–Kier alpha value is -0.290. The molecule has 1 aromatic rings. The lowest BCUT2D eigenvalue weighted by Crippen LogP contribution is -1.88. The van der Waals surface area contributed by atoms with E-state index in [1.807, 2.05) is 0 Å². The minimum Gasteiger partial charge on any atom is -0.505 e. The molecule has 0 aliphatic heterocycles. The second-order valence-corrected chi connectivity index (χ2v) is 3.43. The zero-order valence-corrected chi connectivity index (χ0v) is 8.81. The van der Waals surface area contributed by atoms with Crippen molar-refractivity contribution in [1.29, 1.82) is 0 Å². The van der Waals surface area contributed by atoms with Gasteiger partial charge < -0.3 is 9.84 Å². The van der Waals surface area contributed by atoms with E-state index in [9.17, 15) is 5.11 Å². The first-order valence-corrected chi connectivity index (χ1v) is 4.32. The summed E-state index contributed by atoms with van der Waals surface area (Å²) in [6.45, 7) is 0. The molecule has 0 aliphatic rings. The molecule has 1 rings (SSSR count). The Kier molecular flexibility index (Phi) is 2.72. The molecule has 0 atom stereocenters. The summed E-state index contributed by atoms with van der Waals surface area (Å²) in [6.07, 6.45) is 1.47. The zero-order chi connectivity index (χ0) is 8.43. The number of pyridine rings is 1. The van der Waals surface area contributed by atoms with Crippen LogP contribution in [0, 0.1) is 0 Å². The summed E-state index contributed by atoms with van der Waals surface area (Å²) in [5.74, 6) is 0.461. The second-order valence-electron chi connectivity index (χ2n) is 1.78. The lowest BCUT2D eigenvalue weighted by atomic mass is 10.4. The number of rotatable bonds is 1. The van der Waals surface area contributed by atoms with Crippen molar-refractivity contribution in [1.82, 2.24) is 4.98 Å². The first-order valence-electron chi connectivity index (χ1n) is 2.73. The molecule has 1 aromatic heterocycles. The van der Waals surface area contributed by atoms with Gasteiger partial charge in [0, 0.05) is 6.20 Å². The number of nitrogens with zero attached hydrogens (tertiary/aromatic N) is 1. The molecule has 3 nitrogen and oxygen atoms in total. The van der Waals surface area contributed by atoms with Crippen molar-refractivity contribution in [2.75, 3.05) is 7.11 Å². The van der Waals surface area contributed by atoms with Gasteiger partial charge in [0.15, 0.2) is 5.75 Å². The molecular weight excluding hydrogens is 278 g/mol. The number of hydrogen-bond donors (Lipinski definition) is 1. The van der Waals surface area contributed by atoms with Crippen LogP contribution < -0.4 is 4.74 Å². The fourth-order valence-corrected chi connectivity index (χ4v) is 1.63. The van der Waals surface area contributed by atoms with Gasteiger partial charge in [0.05, 0.1) is 11.6 Å². The third-order valence-electron chi connectivity index (χ3n) is 1.11. The average Bonchev–Trinajstić information content (AvgIpc) is 2.01. The minimum absolute atomic E-state index is 0.0943. The van der Waals surface area contributed by atoms with E-state index in [1.54, 1.807) is 0 Å². The van der Waals surface area contributed by atoms with E-state index < -0.39 is 0 Å². The Balaban J connectivity index is 3.25. The predicted octanol–water partition coefficient (Wildman–Crippen LogP) is 2.32. The van der Waals surface area contributed by atoms with E-state index >= 15 is 0 Å². The lowest BCUT2D eigenvalue weighted by Gasteiger charge is -2.03. The molecule has 0 amide bonds. The molecule has 0 aromatic carbocycles. The van der Waals surface area contributed by atoms with E-state index in [1.165, 1.54) is 13.3 Å². The molecule has 0 fully saturated rings. The third-order valence-corrected chi connectivity index (χ3v) is 2.41. The lowest BCUT2D eigenvalue weighted by molar-refractivity contribution is 0.386. The number of aromatic hydroxyl groups is 1. The summed E-state index contributed by atoms with van der Waals surface area (Å²) in [5, 5.41) is 9.30. The highest BCUT2D eigenvalue weighted by atomic mass is 79.9. The van der Waals surface area contributed by atoms with Crippen LogP contribution in [0.15, 0.2) is 15.1 Å². The van der Waals surface area contributed by atoms with Crippen LogP contribution in [0.1, 0.15) is 0 Å². The molecule has 0 unspecified atom stereocenters. The molecule has 0 spiro atoms. The van der Waals surface area contributed by atoms with Crippen LogP contribution in [-0.4, -0.2) is 17.2 Å². The molecule has 0 saturated carbocycles. The highest BCUT2D eigenvalue weighted by Crippen LogP contribution is 2.36. The van der Waals surface area contributed by atoms with Gasteiger partial charge in [-0.3, -0.25) is 0 Å². The normalized spacial score (nSPS) is 9.73. The van der Waals surface area contributed by atoms with Crippen molar-refractivity contribution < 1.29 is 9.84 Å². The first kappa shape index (κ1) is 8.80. The van der Waals surface area contributed by atoms with E-state index in [0.29, 0.717) is 14.8 Å². The molecule has 0 saturated heterocycles. The number of hydrogen-bond acceptors (Lipinski definition) is 3. The topological polar surface area (TPSA) is 42.4 Å². The Morgan fingerprint density at radius 2 is 2.18 bits per heavy atom. The van der Waals surface area contributed by atoms with Crippen molar-refractivity contribution in [3.8, 4) is 11.6 Å². The fourth-order valence-electron chi connectivity index (χ4n) is 0.582. The monoisotopic (exact) mass is 281 g/mol. The van der Waals surface area contributed by atoms with Gasteiger partial charge in [-0.2, -0.15) is 0 Å². The summed E-state index contributed by atoms with van der Waals surface area (Å²) in [7, 11) is 1.49. The van der Waals surface area contributed by atoms with Crippen molar-refractivity contribution in [3.05, 3.63) is 15.1 Å². The van der Waals surface area contributed by atoms with Gasteiger partial charge in [-0.25, -0.2) is 4.98 Å². The van der Waals surface area contributed by atoms with Crippen molar-refractivity contribution >= 4 is 31.9 Å². The maximum Gasteiger partial charge on any atom is 0.231 e. The van der Waals surface area contributed by atoms with Crippen LogP contribution in [0.5, 0.6) is 11.6 Å². The van der Waals surface area contributed by atoms with Crippen LogP contribution in [0.25, 0.3) is 0 Å². The van der Waals surface area contributed by atoms with Crippen LogP contribution in [0.4, 0.5) is 0 Å². The number of halogens is 2. The second kappa shape index (κ2) is 3.40. The standard InChI is InChI=1S/C6H5Br2NO2/c1-11-6-4(8)5(10)3(7)2-9-6/h2H,1H3,(H,9,10). The van der Waals surface area contributed by atoms with Crippen LogP contribution >= 0.6 is 31.9 Å². The van der Waals surface area contributed by atoms with E-state index in [2.05, 4.69) is 36.8 Å². The summed E-state index contributed by atoms with van der Waals surface area (Å²) >= 11 is 6.23. The predicted molar refractivity (Wildman–Crippen MR) is 47.9 cm³/mol. The maximum atomic E-state index is 9.30. The molecule has 0 radical (unpaired) electrons. The summed E-state index contributed by atoms with van der Waals surface area (Å²) in [5.41, 5.74) is 0. The fraction of sp³-hybridized carbons (Fsp3) is 0.167. The van der Waals surface area contributed by atoms with Crippen molar-refractivity contribution in [2.45, 2.75) is 0 Å². The van der Waals surface area contributed by atoms with Crippen molar-refractivity contribution in [2.24, 2.45) is 0 Å². The van der Waals surface area contributed by atoms with Crippen LogP contribution in [0.2, 0.25) is 0 Å². The van der Waals surface area contributed by atoms with Gasteiger partial charge >= 0.3 is 0 Å². The molecule has 0 bridgehead atoms. The van der Waals surface area contributed by atoms with E-state index in [0.717, 1.165) is 0 Å². The number of ether oxygens (including phenoxy) is 1. The highest BCUT2D eigenvalue weighted by Gasteiger charge is 2.09. The van der Waals surface area contributed by atoms with Crippen LogP contribution in [0.3, 0.4) is 0 Å². The third kappa shape index (κ3) is 1.65.